The second kappa shape index (κ2) is 2.71. The predicted octanol–water partition coefficient (Wildman–Crippen LogP) is 1.54. The molecule has 2 rings (SSSR count). The molecule has 1 aromatic carbocycles. The maximum atomic E-state index is 5.39. The summed E-state index contributed by atoms with van der Waals surface area (Å²) in [5, 5.41) is 1.51. The lowest BCUT2D eigenvalue weighted by Crippen LogP contribution is -2.47. The normalized spacial score (nSPS) is 22.3. The molecular formula is C10H14OSi. The van der Waals surface area contributed by atoms with E-state index in [-0.39, 0.29) is 0 Å². The molecule has 1 heterocycles. The number of rotatable bonds is 2. The minimum atomic E-state index is -1.27. The van der Waals surface area contributed by atoms with Crippen LogP contribution in [0.25, 0.3) is 0 Å². The van der Waals surface area contributed by atoms with Gasteiger partial charge in [0.25, 0.3) is 0 Å². The van der Waals surface area contributed by atoms with Crippen LogP contribution < -0.4 is 5.19 Å². The van der Waals surface area contributed by atoms with Crippen LogP contribution in [-0.2, 0) is 4.74 Å². The van der Waals surface area contributed by atoms with E-state index in [0.717, 1.165) is 6.61 Å². The first-order valence-electron chi connectivity index (χ1n) is 4.38. The van der Waals surface area contributed by atoms with Gasteiger partial charge in [-0.2, -0.15) is 0 Å². The van der Waals surface area contributed by atoms with Crippen molar-refractivity contribution < 1.29 is 4.74 Å². The molecule has 1 fully saturated rings. The van der Waals surface area contributed by atoms with E-state index in [1.54, 1.807) is 0 Å². The van der Waals surface area contributed by atoms with Crippen molar-refractivity contribution in [3.8, 4) is 0 Å². The highest BCUT2D eigenvalue weighted by molar-refractivity contribution is 6.91. The fraction of sp³-hybridized carbons (Fsp3) is 0.400. The van der Waals surface area contributed by atoms with Crippen molar-refractivity contribution in [1.29, 1.82) is 0 Å². The third-order valence-electron chi connectivity index (χ3n) is 2.66. The molecule has 1 unspecified atom stereocenters. The summed E-state index contributed by atoms with van der Waals surface area (Å²) >= 11 is 0. The molecule has 1 atom stereocenters. The summed E-state index contributed by atoms with van der Waals surface area (Å²) in [6.07, 6.45) is 0. The minimum absolute atomic E-state index is 0.569. The third-order valence-corrected chi connectivity index (χ3v) is 6.42. The summed E-state index contributed by atoms with van der Waals surface area (Å²) in [5.74, 6) is 0. The lowest BCUT2D eigenvalue weighted by molar-refractivity contribution is 0.451. The van der Waals surface area contributed by atoms with Gasteiger partial charge in [0.1, 0.15) is 8.07 Å². The van der Waals surface area contributed by atoms with Gasteiger partial charge in [-0.05, 0) is 0 Å². The Balaban J connectivity index is 2.28. The van der Waals surface area contributed by atoms with Crippen molar-refractivity contribution in [3.05, 3.63) is 30.3 Å². The van der Waals surface area contributed by atoms with Crippen molar-refractivity contribution in [2.24, 2.45) is 0 Å². The molecule has 12 heavy (non-hydrogen) atoms. The SMILES string of the molecule is C[Si](C)(c1ccccc1)C1CO1. The molecule has 1 aliphatic heterocycles. The van der Waals surface area contributed by atoms with E-state index >= 15 is 0 Å². The summed E-state index contributed by atoms with van der Waals surface area (Å²) in [4.78, 5) is 0. The summed E-state index contributed by atoms with van der Waals surface area (Å²) in [5.41, 5.74) is 0.569. The van der Waals surface area contributed by atoms with Crippen LogP contribution in [0.2, 0.25) is 13.1 Å². The van der Waals surface area contributed by atoms with Crippen molar-refractivity contribution in [2.45, 2.75) is 18.8 Å². The van der Waals surface area contributed by atoms with Gasteiger partial charge in [-0.3, -0.25) is 0 Å². The van der Waals surface area contributed by atoms with Gasteiger partial charge in [-0.15, -0.1) is 0 Å². The average Bonchev–Trinajstić information content (AvgIpc) is 2.88. The first-order valence-corrected chi connectivity index (χ1v) is 7.46. The molecule has 64 valence electrons. The molecule has 0 amide bonds. The molecule has 0 radical (unpaired) electrons. The Hall–Kier alpha value is -0.603. The summed E-state index contributed by atoms with van der Waals surface area (Å²) in [7, 11) is -1.27. The second-order valence-corrected chi connectivity index (χ2v) is 8.57. The van der Waals surface area contributed by atoms with Crippen molar-refractivity contribution in [2.75, 3.05) is 6.61 Å². The van der Waals surface area contributed by atoms with Crippen LogP contribution in [0.5, 0.6) is 0 Å². The Morgan fingerprint density at radius 1 is 1.25 bits per heavy atom. The van der Waals surface area contributed by atoms with Crippen LogP contribution >= 0.6 is 0 Å². The van der Waals surface area contributed by atoms with Crippen molar-refractivity contribution in [3.63, 3.8) is 0 Å². The van der Waals surface area contributed by atoms with E-state index in [1.165, 1.54) is 5.19 Å². The van der Waals surface area contributed by atoms with Gasteiger partial charge in [-0.1, -0.05) is 48.6 Å². The number of hydrogen-bond acceptors (Lipinski definition) is 1. The molecule has 1 aromatic rings. The number of benzene rings is 1. The molecular weight excluding hydrogens is 164 g/mol. The summed E-state index contributed by atoms with van der Waals surface area (Å²) < 4.78 is 5.39. The molecule has 1 aliphatic rings. The molecule has 0 bridgehead atoms. The monoisotopic (exact) mass is 178 g/mol. The minimum Gasteiger partial charge on any atom is -0.376 e. The van der Waals surface area contributed by atoms with Crippen LogP contribution in [-0.4, -0.2) is 20.4 Å². The first-order chi connectivity index (χ1) is 5.71. The maximum Gasteiger partial charge on any atom is 0.116 e. The Bertz CT molecular complexity index is 264. The lowest BCUT2D eigenvalue weighted by atomic mass is 10.4. The van der Waals surface area contributed by atoms with Gasteiger partial charge in [0.05, 0.1) is 12.3 Å². The third kappa shape index (κ3) is 1.32. The van der Waals surface area contributed by atoms with Gasteiger partial charge in [-0.25, -0.2) is 0 Å². The Kier molecular flexibility index (Phi) is 1.81. The molecule has 0 saturated carbocycles. The van der Waals surface area contributed by atoms with E-state index < -0.39 is 8.07 Å². The van der Waals surface area contributed by atoms with E-state index in [0.29, 0.717) is 5.73 Å². The summed E-state index contributed by atoms with van der Waals surface area (Å²) in [6, 6.07) is 10.8. The maximum absolute atomic E-state index is 5.39. The zero-order chi connectivity index (χ0) is 8.60. The molecule has 0 spiro atoms. The molecule has 0 aromatic heterocycles. The van der Waals surface area contributed by atoms with E-state index in [1.807, 2.05) is 0 Å². The molecule has 0 N–H and O–H groups in total. The van der Waals surface area contributed by atoms with Crippen molar-refractivity contribution >= 4 is 13.3 Å². The van der Waals surface area contributed by atoms with Crippen LogP contribution in [0.3, 0.4) is 0 Å². The van der Waals surface area contributed by atoms with Gasteiger partial charge in [0.2, 0.25) is 0 Å². The van der Waals surface area contributed by atoms with Crippen LogP contribution in [0.4, 0.5) is 0 Å². The van der Waals surface area contributed by atoms with E-state index in [4.69, 9.17) is 4.74 Å². The molecule has 1 saturated heterocycles. The molecule has 1 nitrogen and oxygen atoms in total. The van der Waals surface area contributed by atoms with Crippen LogP contribution in [0.15, 0.2) is 30.3 Å². The van der Waals surface area contributed by atoms with Gasteiger partial charge < -0.3 is 4.74 Å². The highest BCUT2D eigenvalue weighted by atomic mass is 28.3. The fourth-order valence-electron chi connectivity index (χ4n) is 1.52. The lowest BCUT2D eigenvalue weighted by Gasteiger charge is -2.19. The number of epoxide rings is 1. The molecule has 2 heteroatoms. The molecule has 0 aliphatic carbocycles. The highest BCUT2D eigenvalue weighted by Gasteiger charge is 2.42. The zero-order valence-corrected chi connectivity index (χ0v) is 8.58. The van der Waals surface area contributed by atoms with Gasteiger partial charge in [0.15, 0.2) is 0 Å². The average molecular weight is 178 g/mol. The smallest absolute Gasteiger partial charge is 0.116 e. The standard InChI is InChI=1S/C10H14OSi/c1-12(2,10-8-11-10)9-6-4-3-5-7-9/h3-7,10H,8H2,1-2H3. The number of hydrogen-bond donors (Lipinski definition) is 0. The highest BCUT2D eigenvalue weighted by Crippen LogP contribution is 2.22. The Morgan fingerprint density at radius 3 is 2.33 bits per heavy atom. The van der Waals surface area contributed by atoms with Crippen molar-refractivity contribution in [1.82, 2.24) is 0 Å². The van der Waals surface area contributed by atoms with Gasteiger partial charge in [0, 0.05) is 0 Å². The fourth-order valence-corrected chi connectivity index (χ4v) is 3.87. The Morgan fingerprint density at radius 2 is 1.83 bits per heavy atom. The van der Waals surface area contributed by atoms with Crippen LogP contribution in [0.1, 0.15) is 0 Å². The topological polar surface area (TPSA) is 12.5 Å². The largest absolute Gasteiger partial charge is 0.376 e. The first kappa shape index (κ1) is 8.02. The summed E-state index contributed by atoms with van der Waals surface area (Å²) in [6.45, 7) is 5.73. The quantitative estimate of drug-likeness (QED) is 0.494. The van der Waals surface area contributed by atoms with E-state index in [9.17, 15) is 0 Å². The van der Waals surface area contributed by atoms with E-state index in [2.05, 4.69) is 43.4 Å². The predicted molar refractivity (Wildman–Crippen MR) is 53.3 cm³/mol. The second-order valence-electron chi connectivity index (χ2n) is 3.91. The number of ether oxygens (including phenoxy) is 1. The Labute approximate surface area is 74.4 Å². The van der Waals surface area contributed by atoms with Crippen LogP contribution in [0, 0.1) is 0 Å². The zero-order valence-electron chi connectivity index (χ0n) is 7.58. The van der Waals surface area contributed by atoms with Gasteiger partial charge >= 0.3 is 0 Å².